The van der Waals surface area contributed by atoms with Crippen LogP contribution in [0.15, 0.2) is 43.0 Å². The van der Waals surface area contributed by atoms with E-state index in [4.69, 9.17) is 0 Å². The van der Waals surface area contributed by atoms with E-state index in [0.717, 1.165) is 0 Å². The molecule has 0 spiro atoms. The molecular formula is C9H7N3O. The number of aromatic nitrogens is 3. The van der Waals surface area contributed by atoms with Gasteiger partial charge in [-0.05, 0) is 18.2 Å². The van der Waals surface area contributed by atoms with Crippen molar-refractivity contribution in [3.05, 3.63) is 48.5 Å². The Morgan fingerprint density at radius 3 is 2.85 bits per heavy atom. The summed E-state index contributed by atoms with van der Waals surface area (Å²) < 4.78 is 1.27. The fourth-order valence-corrected chi connectivity index (χ4v) is 1.01. The van der Waals surface area contributed by atoms with Gasteiger partial charge in [0.1, 0.15) is 0 Å². The first-order chi connectivity index (χ1) is 6.38. The van der Waals surface area contributed by atoms with Crippen LogP contribution in [0, 0.1) is 0 Å². The topological polar surface area (TPSA) is 47.8 Å². The van der Waals surface area contributed by atoms with E-state index in [-0.39, 0.29) is 5.91 Å². The minimum atomic E-state index is -0.168. The quantitative estimate of drug-likeness (QED) is 0.645. The molecule has 0 saturated heterocycles. The van der Waals surface area contributed by atoms with Crippen molar-refractivity contribution in [1.82, 2.24) is 14.8 Å². The molecule has 2 rings (SSSR count). The van der Waals surface area contributed by atoms with E-state index >= 15 is 0 Å². The van der Waals surface area contributed by atoms with Crippen LogP contribution in [0.4, 0.5) is 0 Å². The lowest BCUT2D eigenvalue weighted by atomic mass is 10.3. The van der Waals surface area contributed by atoms with E-state index in [0.29, 0.717) is 5.56 Å². The molecule has 0 aromatic carbocycles. The minimum Gasteiger partial charge on any atom is -0.267 e. The SMILES string of the molecule is O=C(c1cccnc1)n1cccn1. The molecule has 13 heavy (non-hydrogen) atoms. The van der Waals surface area contributed by atoms with Gasteiger partial charge in [-0.2, -0.15) is 5.10 Å². The molecule has 0 aliphatic carbocycles. The Morgan fingerprint density at radius 1 is 1.31 bits per heavy atom. The summed E-state index contributed by atoms with van der Waals surface area (Å²) in [6, 6.07) is 5.13. The predicted octanol–water partition coefficient (Wildman–Crippen LogP) is 0.967. The van der Waals surface area contributed by atoms with Gasteiger partial charge in [-0.25, -0.2) is 4.68 Å². The van der Waals surface area contributed by atoms with Gasteiger partial charge >= 0.3 is 0 Å². The van der Waals surface area contributed by atoms with Gasteiger partial charge in [0.15, 0.2) is 0 Å². The third kappa shape index (κ3) is 1.46. The van der Waals surface area contributed by atoms with Gasteiger partial charge in [0.05, 0.1) is 5.56 Å². The Kier molecular flexibility index (Phi) is 1.88. The van der Waals surface area contributed by atoms with Crippen molar-refractivity contribution in [3.63, 3.8) is 0 Å². The van der Waals surface area contributed by atoms with Gasteiger partial charge in [0.2, 0.25) is 0 Å². The van der Waals surface area contributed by atoms with Crippen molar-refractivity contribution in [2.75, 3.05) is 0 Å². The monoisotopic (exact) mass is 173 g/mol. The average Bonchev–Trinajstić information content (AvgIpc) is 2.71. The molecule has 64 valence electrons. The molecular weight excluding hydrogens is 166 g/mol. The van der Waals surface area contributed by atoms with Crippen LogP contribution in [0.2, 0.25) is 0 Å². The van der Waals surface area contributed by atoms with Crippen molar-refractivity contribution < 1.29 is 4.79 Å². The molecule has 0 unspecified atom stereocenters. The normalized spacial score (nSPS) is 9.85. The highest BCUT2D eigenvalue weighted by Crippen LogP contribution is 1.98. The number of nitrogens with zero attached hydrogens (tertiary/aromatic N) is 3. The fourth-order valence-electron chi connectivity index (χ4n) is 1.01. The van der Waals surface area contributed by atoms with Crippen molar-refractivity contribution >= 4 is 5.91 Å². The number of hydrogen-bond acceptors (Lipinski definition) is 3. The van der Waals surface area contributed by atoms with Crippen LogP contribution in [0.3, 0.4) is 0 Å². The number of carbonyl (C=O) groups is 1. The maximum absolute atomic E-state index is 11.6. The smallest absolute Gasteiger partial charge is 0.267 e. The van der Waals surface area contributed by atoms with Crippen LogP contribution >= 0.6 is 0 Å². The summed E-state index contributed by atoms with van der Waals surface area (Å²) in [6.07, 6.45) is 6.31. The maximum Gasteiger partial charge on any atom is 0.279 e. The first-order valence-electron chi connectivity index (χ1n) is 3.82. The first kappa shape index (κ1) is 7.67. The fraction of sp³-hybridized carbons (Fsp3) is 0. The third-order valence-electron chi connectivity index (χ3n) is 1.62. The number of rotatable bonds is 1. The Balaban J connectivity index is 2.34. The van der Waals surface area contributed by atoms with Crippen LogP contribution < -0.4 is 0 Å². The van der Waals surface area contributed by atoms with Crippen LogP contribution in [-0.2, 0) is 0 Å². The summed E-state index contributed by atoms with van der Waals surface area (Å²) in [5.41, 5.74) is 0.534. The summed E-state index contributed by atoms with van der Waals surface area (Å²) >= 11 is 0. The summed E-state index contributed by atoms with van der Waals surface area (Å²) in [5, 5.41) is 3.83. The number of pyridine rings is 1. The molecule has 0 aliphatic heterocycles. The molecule has 4 heteroatoms. The Hall–Kier alpha value is -1.97. The molecule has 0 atom stereocenters. The van der Waals surface area contributed by atoms with E-state index in [1.807, 2.05) is 0 Å². The van der Waals surface area contributed by atoms with Crippen molar-refractivity contribution in [1.29, 1.82) is 0 Å². The van der Waals surface area contributed by atoms with Crippen molar-refractivity contribution in [2.45, 2.75) is 0 Å². The van der Waals surface area contributed by atoms with Crippen LogP contribution in [-0.4, -0.2) is 20.7 Å². The molecule has 2 aromatic rings. The standard InChI is InChI=1S/C9H7N3O/c13-9(12-6-2-5-11-12)8-3-1-4-10-7-8/h1-7H. The highest BCUT2D eigenvalue weighted by Gasteiger charge is 2.06. The van der Waals surface area contributed by atoms with Crippen LogP contribution in [0.25, 0.3) is 0 Å². The Bertz CT molecular complexity index is 394. The summed E-state index contributed by atoms with van der Waals surface area (Å²) in [5.74, 6) is -0.168. The first-order valence-corrected chi connectivity index (χ1v) is 3.82. The Morgan fingerprint density at radius 2 is 2.23 bits per heavy atom. The van der Waals surface area contributed by atoms with E-state index in [2.05, 4.69) is 10.1 Å². The van der Waals surface area contributed by atoms with Crippen LogP contribution in [0.1, 0.15) is 10.4 Å². The van der Waals surface area contributed by atoms with Gasteiger partial charge in [0, 0.05) is 24.8 Å². The molecule has 0 aliphatic rings. The molecule has 0 bridgehead atoms. The second-order valence-electron chi connectivity index (χ2n) is 2.50. The van der Waals surface area contributed by atoms with E-state index in [1.54, 1.807) is 36.8 Å². The second-order valence-corrected chi connectivity index (χ2v) is 2.50. The molecule has 0 saturated carbocycles. The van der Waals surface area contributed by atoms with Crippen molar-refractivity contribution in [2.24, 2.45) is 0 Å². The molecule has 2 aromatic heterocycles. The molecule has 0 N–H and O–H groups in total. The lowest BCUT2D eigenvalue weighted by Gasteiger charge is -1.97. The molecule has 4 nitrogen and oxygen atoms in total. The van der Waals surface area contributed by atoms with Gasteiger partial charge in [-0.3, -0.25) is 9.78 Å². The molecule has 0 amide bonds. The highest BCUT2D eigenvalue weighted by atomic mass is 16.2. The third-order valence-corrected chi connectivity index (χ3v) is 1.62. The zero-order valence-electron chi connectivity index (χ0n) is 6.79. The zero-order valence-corrected chi connectivity index (χ0v) is 6.79. The van der Waals surface area contributed by atoms with Gasteiger partial charge < -0.3 is 0 Å². The van der Waals surface area contributed by atoms with Gasteiger partial charge in [0.25, 0.3) is 5.91 Å². The van der Waals surface area contributed by atoms with Gasteiger partial charge in [-0.1, -0.05) is 0 Å². The van der Waals surface area contributed by atoms with Crippen LogP contribution in [0.5, 0.6) is 0 Å². The number of carbonyl (C=O) groups excluding carboxylic acids is 1. The van der Waals surface area contributed by atoms with E-state index in [1.165, 1.54) is 10.9 Å². The molecule has 2 heterocycles. The zero-order chi connectivity index (χ0) is 9.10. The lowest BCUT2D eigenvalue weighted by molar-refractivity contribution is 0.0945. The lowest BCUT2D eigenvalue weighted by Crippen LogP contribution is -2.12. The summed E-state index contributed by atoms with van der Waals surface area (Å²) in [6.45, 7) is 0. The summed E-state index contributed by atoms with van der Waals surface area (Å²) in [4.78, 5) is 15.4. The van der Waals surface area contributed by atoms with E-state index < -0.39 is 0 Å². The predicted molar refractivity (Wildman–Crippen MR) is 46.2 cm³/mol. The average molecular weight is 173 g/mol. The highest BCUT2D eigenvalue weighted by molar-refractivity contribution is 5.94. The van der Waals surface area contributed by atoms with Gasteiger partial charge in [-0.15, -0.1) is 0 Å². The molecule has 0 fully saturated rings. The molecule has 0 radical (unpaired) electrons. The Labute approximate surface area is 74.8 Å². The summed E-state index contributed by atoms with van der Waals surface area (Å²) in [7, 11) is 0. The van der Waals surface area contributed by atoms with E-state index in [9.17, 15) is 4.79 Å². The maximum atomic E-state index is 11.6. The number of hydrogen-bond donors (Lipinski definition) is 0. The van der Waals surface area contributed by atoms with Crippen molar-refractivity contribution in [3.8, 4) is 0 Å². The largest absolute Gasteiger partial charge is 0.279 e. The second kappa shape index (κ2) is 3.18. The minimum absolute atomic E-state index is 0.168.